The predicted molar refractivity (Wildman–Crippen MR) is 69.6 cm³/mol. The molecule has 94 valence electrons. The van der Waals surface area contributed by atoms with Gasteiger partial charge in [-0.25, -0.2) is 0 Å². The zero-order chi connectivity index (χ0) is 11.7. The summed E-state index contributed by atoms with van der Waals surface area (Å²) in [5, 5.41) is 3.91. The van der Waals surface area contributed by atoms with E-state index in [2.05, 4.69) is 38.0 Å². The molecule has 0 bridgehead atoms. The van der Waals surface area contributed by atoms with Gasteiger partial charge in [-0.05, 0) is 45.1 Å². The molecule has 0 amide bonds. The Labute approximate surface area is 101 Å². The number of hydrogen-bond acceptors (Lipinski definition) is 2. The van der Waals surface area contributed by atoms with Gasteiger partial charge >= 0.3 is 0 Å². The summed E-state index contributed by atoms with van der Waals surface area (Å²) in [6, 6.07) is 2.29. The van der Waals surface area contributed by atoms with Crippen molar-refractivity contribution in [2.45, 2.75) is 64.6 Å². The first-order valence-electron chi connectivity index (χ1n) is 7.08. The zero-order valence-electron chi connectivity index (χ0n) is 11.4. The van der Waals surface area contributed by atoms with Gasteiger partial charge in [0, 0.05) is 24.7 Å². The van der Waals surface area contributed by atoms with Gasteiger partial charge in [0.05, 0.1) is 0 Å². The van der Waals surface area contributed by atoms with Crippen LogP contribution in [-0.2, 0) is 0 Å². The van der Waals surface area contributed by atoms with Gasteiger partial charge in [0.25, 0.3) is 0 Å². The van der Waals surface area contributed by atoms with Crippen LogP contribution in [0.4, 0.5) is 0 Å². The van der Waals surface area contributed by atoms with Crippen molar-refractivity contribution in [1.29, 1.82) is 0 Å². The minimum Gasteiger partial charge on any atom is -0.310 e. The van der Waals surface area contributed by atoms with Crippen molar-refractivity contribution in [2.75, 3.05) is 13.6 Å². The van der Waals surface area contributed by atoms with E-state index in [9.17, 15) is 0 Å². The molecule has 5 unspecified atom stereocenters. The largest absolute Gasteiger partial charge is 0.310 e. The second kappa shape index (κ2) is 5.05. The monoisotopic (exact) mass is 224 g/mol. The van der Waals surface area contributed by atoms with Crippen LogP contribution in [0.3, 0.4) is 0 Å². The number of rotatable bonds is 3. The zero-order valence-corrected chi connectivity index (χ0v) is 11.4. The maximum atomic E-state index is 3.91. The van der Waals surface area contributed by atoms with E-state index in [1.165, 1.54) is 32.2 Å². The van der Waals surface area contributed by atoms with E-state index in [0.717, 1.165) is 30.0 Å². The molecule has 1 saturated carbocycles. The Kier molecular flexibility index (Phi) is 3.91. The number of nitrogens with zero attached hydrogens (tertiary/aromatic N) is 1. The molecule has 1 N–H and O–H groups in total. The van der Waals surface area contributed by atoms with E-state index in [4.69, 9.17) is 0 Å². The van der Waals surface area contributed by atoms with E-state index in [1.54, 1.807) is 0 Å². The summed E-state index contributed by atoms with van der Waals surface area (Å²) in [6.07, 6.45) is 5.53. The molecule has 1 heterocycles. The number of likely N-dealkylation sites (tertiary alicyclic amines) is 1. The molecular weight excluding hydrogens is 196 g/mol. The molecular formula is C14H28N2. The molecule has 1 aliphatic carbocycles. The van der Waals surface area contributed by atoms with Gasteiger partial charge < -0.3 is 10.2 Å². The topological polar surface area (TPSA) is 15.3 Å². The van der Waals surface area contributed by atoms with Gasteiger partial charge in [0.1, 0.15) is 0 Å². The Hall–Kier alpha value is -0.0800. The Morgan fingerprint density at radius 3 is 2.50 bits per heavy atom. The number of hydrogen-bond donors (Lipinski definition) is 1. The van der Waals surface area contributed by atoms with Crippen LogP contribution in [0.2, 0.25) is 0 Å². The fraction of sp³-hybridized carbons (Fsp3) is 1.00. The lowest BCUT2D eigenvalue weighted by atomic mass is 9.93. The van der Waals surface area contributed by atoms with Crippen molar-refractivity contribution >= 4 is 0 Å². The average molecular weight is 224 g/mol. The lowest BCUT2D eigenvalue weighted by Gasteiger charge is -2.24. The highest BCUT2D eigenvalue weighted by molar-refractivity contribution is 4.92. The Bertz CT molecular complexity index is 219. The molecule has 16 heavy (non-hydrogen) atoms. The Morgan fingerprint density at radius 1 is 1.25 bits per heavy atom. The van der Waals surface area contributed by atoms with E-state index in [-0.39, 0.29) is 0 Å². The second-order valence-corrected chi connectivity index (χ2v) is 6.10. The normalized spacial score (nSPS) is 45.4. The third kappa shape index (κ3) is 2.43. The van der Waals surface area contributed by atoms with Crippen molar-refractivity contribution in [3.63, 3.8) is 0 Å². The Balaban J connectivity index is 1.83. The first-order chi connectivity index (χ1) is 7.61. The van der Waals surface area contributed by atoms with E-state index < -0.39 is 0 Å². The molecule has 5 atom stereocenters. The van der Waals surface area contributed by atoms with Crippen molar-refractivity contribution in [1.82, 2.24) is 10.2 Å². The molecule has 1 aliphatic heterocycles. The SMILES string of the molecule is CCC1CCC(NC2CC(C)N(C)C2)C1C. The van der Waals surface area contributed by atoms with Gasteiger partial charge in [-0.3, -0.25) is 0 Å². The first kappa shape index (κ1) is 12.4. The molecule has 2 nitrogen and oxygen atoms in total. The average Bonchev–Trinajstić information content (AvgIpc) is 2.74. The second-order valence-electron chi connectivity index (χ2n) is 6.10. The van der Waals surface area contributed by atoms with Crippen molar-refractivity contribution < 1.29 is 0 Å². The van der Waals surface area contributed by atoms with E-state index in [0.29, 0.717) is 0 Å². The summed E-state index contributed by atoms with van der Waals surface area (Å²) in [6.45, 7) is 8.37. The molecule has 0 aromatic rings. The number of nitrogens with one attached hydrogen (secondary N) is 1. The van der Waals surface area contributed by atoms with E-state index in [1.807, 2.05) is 0 Å². The van der Waals surface area contributed by atoms with Gasteiger partial charge in [0.15, 0.2) is 0 Å². The summed E-state index contributed by atoms with van der Waals surface area (Å²) in [5.41, 5.74) is 0. The molecule has 0 spiro atoms. The van der Waals surface area contributed by atoms with Crippen LogP contribution in [-0.4, -0.2) is 36.6 Å². The van der Waals surface area contributed by atoms with Gasteiger partial charge in [0.2, 0.25) is 0 Å². The standard InChI is InChI=1S/C14H28N2/c1-5-12-6-7-14(11(12)3)15-13-8-10(2)16(4)9-13/h10-15H,5-9H2,1-4H3. The first-order valence-corrected chi connectivity index (χ1v) is 7.08. The highest BCUT2D eigenvalue weighted by Crippen LogP contribution is 2.34. The maximum Gasteiger partial charge on any atom is 0.0212 e. The predicted octanol–water partition coefficient (Wildman–Crippen LogP) is 2.49. The summed E-state index contributed by atoms with van der Waals surface area (Å²) < 4.78 is 0. The minimum atomic E-state index is 0.739. The van der Waals surface area contributed by atoms with E-state index >= 15 is 0 Å². The molecule has 0 aromatic heterocycles. The third-order valence-electron chi connectivity index (χ3n) is 5.09. The van der Waals surface area contributed by atoms with Crippen LogP contribution in [0.1, 0.15) is 46.5 Å². The quantitative estimate of drug-likeness (QED) is 0.792. The Morgan fingerprint density at radius 2 is 2.00 bits per heavy atom. The van der Waals surface area contributed by atoms with Crippen LogP contribution in [0.15, 0.2) is 0 Å². The fourth-order valence-corrected chi connectivity index (χ4v) is 3.68. The molecule has 1 saturated heterocycles. The van der Waals surface area contributed by atoms with Crippen LogP contribution in [0.25, 0.3) is 0 Å². The molecule has 2 heteroatoms. The minimum absolute atomic E-state index is 0.739. The maximum absolute atomic E-state index is 3.91. The highest BCUT2D eigenvalue weighted by Gasteiger charge is 2.35. The third-order valence-corrected chi connectivity index (χ3v) is 5.09. The van der Waals surface area contributed by atoms with Gasteiger partial charge in [-0.15, -0.1) is 0 Å². The van der Waals surface area contributed by atoms with Gasteiger partial charge in [-0.1, -0.05) is 20.3 Å². The molecule has 2 aliphatic rings. The van der Waals surface area contributed by atoms with Crippen LogP contribution >= 0.6 is 0 Å². The molecule has 2 rings (SSSR count). The van der Waals surface area contributed by atoms with Crippen molar-refractivity contribution in [2.24, 2.45) is 11.8 Å². The number of likely N-dealkylation sites (N-methyl/N-ethyl adjacent to an activating group) is 1. The highest BCUT2D eigenvalue weighted by atomic mass is 15.2. The summed E-state index contributed by atoms with van der Waals surface area (Å²) >= 11 is 0. The van der Waals surface area contributed by atoms with Crippen molar-refractivity contribution in [3.8, 4) is 0 Å². The smallest absolute Gasteiger partial charge is 0.0212 e. The summed E-state index contributed by atoms with van der Waals surface area (Å²) in [5.74, 6) is 1.85. The lowest BCUT2D eigenvalue weighted by Crippen LogP contribution is -2.41. The van der Waals surface area contributed by atoms with Crippen LogP contribution < -0.4 is 5.32 Å². The molecule has 0 aromatic carbocycles. The fourth-order valence-electron chi connectivity index (χ4n) is 3.68. The summed E-state index contributed by atoms with van der Waals surface area (Å²) in [7, 11) is 2.25. The molecule has 0 radical (unpaired) electrons. The molecule has 2 fully saturated rings. The van der Waals surface area contributed by atoms with Crippen molar-refractivity contribution in [3.05, 3.63) is 0 Å². The lowest BCUT2D eigenvalue weighted by molar-refractivity contribution is 0.307. The van der Waals surface area contributed by atoms with Gasteiger partial charge in [-0.2, -0.15) is 0 Å². The van der Waals surface area contributed by atoms with Crippen LogP contribution in [0, 0.1) is 11.8 Å². The summed E-state index contributed by atoms with van der Waals surface area (Å²) in [4.78, 5) is 2.48. The van der Waals surface area contributed by atoms with Crippen LogP contribution in [0.5, 0.6) is 0 Å².